The summed E-state index contributed by atoms with van der Waals surface area (Å²) < 4.78 is 0. The van der Waals surface area contributed by atoms with Gasteiger partial charge in [0.25, 0.3) is 0 Å². The number of benzene rings is 1. The highest BCUT2D eigenvalue weighted by atomic mass is 14.9. The predicted octanol–water partition coefficient (Wildman–Crippen LogP) is 1.45. The molecule has 0 spiro atoms. The summed E-state index contributed by atoms with van der Waals surface area (Å²) in [6.45, 7) is 1.92. The van der Waals surface area contributed by atoms with E-state index in [1.54, 1.807) is 0 Å². The van der Waals surface area contributed by atoms with Gasteiger partial charge in [-0.2, -0.15) is 0 Å². The summed E-state index contributed by atoms with van der Waals surface area (Å²) >= 11 is 0. The van der Waals surface area contributed by atoms with Crippen molar-refractivity contribution in [1.82, 2.24) is 9.97 Å². The van der Waals surface area contributed by atoms with Crippen molar-refractivity contribution < 1.29 is 0 Å². The van der Waals surface area contributed by atoms with E-state index in [2.05, 4.69) is 9.97 Å². The van der Waals surface area contributed by atoms with Crippen LogP contribution >= 0.6 is 0 Å². The van der Waals surface area contributed by atoms with Crippen LogP contribution in [-0.4, -0.2) is 9.97 Å². The molecular formula is C8H9N3. The lowest BCUT2D eigenvalue weighted by atomic mass is 10.3. The molecule has 3 heteroatoms. The maximum Gasteiger partial charge on any atom is 0.111 e. The van der Waals surface area contributed by atoms with Gasteiger partial charge >= 0.3 is 0 Å². The second-order valence-corrected chi connectivity index (χ2v) is 2.57. The van der Waals surface area contributed by atoms with E-state index in [1.807, 2.05) is 25.1 Å². The minimum atomic E-state index is 0.729. The quantitative estimate of drug-likeness (QED) is 0.554. The van der Waals surface area contributed by atoms with Crippen LogP contribution in [0.5, 0.6) is 0 Å². The van der Waals surface area contributed by atoms with Crippen molar-refractivity contribution in [2.75, 3.05) is 5.73 Å². The number of rotatable bonds is 0. The monoisotopic (exact) mass is 147 g/mol. The first-order valence-corrected chi connectivity index (χ1v) is 3.48. The van der Waals surface area contributed by atoms with Crippen molar-refractivity contribution >= 4 is 16.7 Å². The molecule has 0 saturated heterocycles. The zero-order valence-electron chi connectivity index (χ0n) is 6.26. The SMILES string of the molecule is Cc1nc2c(N)cccc2[nH]1. The molecule has 56 valence electrons. The minimum absolute atomic E-state index is 0.729. The van der Waals surface area contributed by atoms with E-state index in [0.717, 1.165) is 22.5 Å². The molecule has 1 aromatic carbocycles. The number of nitrogens with two attached hydrogens (primary N) is 1. The summed E-state index contributed by atoms with van der Waals surface area (Å²) in [6, 6.07) is 5.73. The van der Waals surface area contributed by atoms with E-state index in [9.17, 15) is 0 Å². The highest BCUT2D eigenvalue weighted by Crippen LogP contribution is 2.17. The Labute approximate surface area is 64.2 Å². The zero-order chi connectivity index (χ0) is 7.84. The highest BCUT2D eigenvalue weighted by Gasteiger charge is 2.00. The average Bonchev–Trinajstić information content (AvgIpc) is 2.31. The third-order valence-corrected chi connectivity index (χ3v) is 1.66. The van der Waals surface area contributed by atoms with E-state index in [1.165, 1.54) is 0 Å². The Balaban J connectivity index is 2.90. The molecule has 0 aliphatic rings. The van der Waals surface area contributed by atoms with Crippen LogP contribution in [0.1, 0.15) is 5.82 Å². The second-order valence-electron chi connectivity index (χ2n) is 2.57. The maximum atomic E-state index is 5.69. The number of imidazole rings is 1. The van der Waals surface area contributed by atoms with Crippen LogP contribution in [0.25, 0.3) is 11.0 Å². The fraction of sp³-hybridized carbons (Fsp3) is 0.125. The van der Waals surface area contributed by atoms with Gasteiger partial charge in [0.15, 0.2) is 0 Å². The molecule has 1 heterocycles. The van der Waals surface area contributed by atoms with Gasteiger partial charge < -0.3 is 10.7 Å². The van der Waals surface area contributed by atoms with E-state index >= 15 is 0 Å². The first-order chi connectivity index (χ1) is 5.27. The summed E-state index contributed by atoms with van der Waals surface area (Å²) in [5, 5.41) is 0. The number of fused-ring (bicyclic) bond motifs is 1. The molecule has 3 nitrogen and oxygen atoms in total. The van der Waals surface area contributed by atoms with Crippen LogP contribution in [-0.2, 0) is 0 Å². The van der Waals surface area contributed by atoms with Crippen LogP contribution < -0.4 is 5.73 Å². The van der Waals surface area contributed by atoms with Crippen molar-refractivity contribution in [3.8, 4) is 0 Å². The maximum absolute atomic E-state index is 5.69. The molecule has 0 amide bonds. The van der Waals surface area contributed by atoms with Crippen molar-refractivity contribution in [3.05, 3.63) is 24.0 Å². The number of aromatic nitrogens is 2. The topological polar surface area (TPSA) is 54.7 Å². The molecule has 0 aliphatic heterocycles. The first kappa shape index (κ1) is 6.22. The molecule has 2 rings (SSSR count). The van der Waals surface area contributed by atoms with E-state index in [0.29, 0.717) is 0 Å². The Morgan fingerprint density at radius 3 is 3.00 bits per heavy atom. The Hall–Kier alpha value is -1.51. The number of aryl methyl sites for hydroxylation is 1. The number of aromatic amines is 1. The molecule has 11 heavy (non-hydrogen) atoms. The Kier molecular flexibility index (Phi) is 1.12. The van der Waals surface area contributed by atoms with Gasteiger partial charge in [-0.1, -0.05) is 6.07 Å². The Bertz CT molecular complexity index is 389. The van der Waals surface area contributed by atoms with Gasteiger partial charge in [-0.15, -0.1) is 0 Å². The van der Waals surface area contributed by atoms with E-state index < -0.39 is 0 Å². The molecule has 1 aromatic heterocycles. The van der Waals surface area contributed by atoms with Crippen LogP contribution in [0.4, 0.5) is 5.69 Å². The standard InChI is InChI=1S/C8H9N3/c1-5-10-7-4-2-3-6(9)8(7)11-5/h2-4H,9H2,1H3,(H,10,11). The van der Waals surface area contributed by atoms with Gasteiger partial charge in [-0.05, 0) is 19.1 Å². The largest absolute Gasteiger partial charge is 0.397 e. The van der Waals surface area contributed by atoms with Crippen molar-refractivity contribution in [1.29, 1.82) is 0 Å². The molecule has 0 fully saturated rings. The predicted molar refractivity (Wildman–Crippen MR) is 45.2 cm³/mol. The number of nitrogens with one attached hydrogen (secondary N) is 1. The molecular weight excluding hydrogens is 138 g/mol. The van der Waals surface area contributed by atoms with Crippen LogP contribution in [0, 0.1) is 6.92 Å². The molecule has 0 atom stereocenters. The average molecular weight is 147 g/mol. The number of anilines is 1. The van der Waals surface area contributed by atoms with Gasteiger partial charge in [-0.3, -0.25) is 0 Å². The molecule has 3 N–H and O–H groups in total. The molecule has 0 unspecified atom stereocenters. The molecule has 0 saturated carbocycles. The van der Waals surface area contributed by atoms with Crippen LogP contribution in [0.2, 0.25) is 0 Å². The smallest absolute Gasteiger partial charge is 0.111 e. The van der Waals surface area contributed by atoms with Crippen LogP contribution in [0.15, 0.2) is 18.2 Å². The van der Waals surface area contributed by atoms with E-state index in [4.69, 9.17) is 5.73 Å². The fourth-order valence-corrected chi connectivity index (χ4v) is 1.18. The Morgan fingerprint density at radius 2 is 2.27 bits per heavy atom. The van der Waals surface area contributed by atoms with Crippen molar-refractivity contribution in [3.63, 3.8) is 0 Å². The molecule has 0 aliphatic carbocycles. The van der Waals surface area contributed by atoms with Crippen molar-refractivity contribution in [2.24, 2.45) is 0 Å². The van der Waals surface area contributed by atoms with Gasteiger partial charge in [0.05, 0.1) is 11.2 Å². The summed E-state index contributed by atoms with van der Waals surface area (Å²) in [7, 11) is 0. The number of nitrogens with zero attached hydrogens (tertiary/aromatic N) is 1. The van der Waals surface area contributed by atoms with Crippen LogP contribution in [0.3, 0.4) is 0 Å². The lowest BCUT2D eigenvalue weighted by Gasteiger charge is -1.90. The van der Waals surface area contributed by atoms with Gasteiger partial charge in [0, 0.05) is 0 Å². The number of para-hydroxylation sites is 1. The summed E-state index contributed by atoms with van der Waals surface area (Å²) in [5.74, 6) is 0.901. The molecule has 0 radical (unpaired) electrons. The zero-order valence-corrected chi connectivity index (χ0v) is 6.26. The molecule has 0 bridgehead atoms. The van der Waals surface area contributed by atoms with Gasteiger partial charge in [-0.25, -0.2) is 4.98 Å². The lowest BCUT2D eigenvalue weighted by Crippen LogP contribution is -1.84. The lowest BCUT2D eigenvalue weighted by molar-refractivity contribution is 1.17. The Morgan fingerprint density at radius 1 is 1.45 bits per heavy atom. The summed E-state index contributed by atoms with van der Waals surface area (Å²) in [6.07, 6.45) is 0. The third kappa shape index (κ3) is 0.852. The normalized spacial score (nSPS) is 10.6. The van der Waals surface area contributed by atoms with E-state index in [-0.39, 0.29) is 0 Å². The number of hydrogen-bond donors (Lipinski definition) is 2. The number of hydrogen-bond acceptors (Lipinski definition) is 2. The van der Waals surface area contributed by atoms with Crippen molar-refractivity contribution in [2.45, 2.75) is 6.92 Å². The minimum Gasteiger partial charge on any atom is -0.397 e. The third-order valence-electron chi connectivity index (χ3n) is 1.66. The number of nitrogen functional groups attached to an aromatic ring is 1. The second kappa shape index (κ2) is 1.99. The summed E-state index contributed by atoms with van der Waals surface area (Å²) in [5.41, 5.74) is 8.28. The van der Waals surface area contributed by atoms with Gasteiger partial charge in [0.2, 0.25) is 0 Å². The number of H-pyrrole nitrogens is 1. The fourth-order valence-electron chi connectivity index (χ4n) is 1.18. The van der Waals surface area contributed by atoms with Gasteiger partial charge in [0.1, 0.15) is 11.3 Å². The highest BCUT2D eigenvalue weighted by molar-refractivity contribution is 5.86. The molecule has 2 aromatic rings. The first-order valence-electron chi connectivity index (χ1n) is 3.48. The summed E-state index contributed by atoms with van der Waals surface area (Å²) in [4.78, 5) is 7.34.